The summed E-state index contributed by atoms with van der Waals surface area (Å²) in [6.45, 7) is 5.67. The molecular weight excluding hydrogens is 172 g/mol. The van der Waals surface area contributed by atoms with Crippen LogP contribution < -0.4 is 0 Å². The lowest BCUT2D eigenvalue weighted by Crippen LogP contribution is -2.21. The minimum absolute atomic E-state index is 0.0889. The van der Waals surface area contributed by atoms with E-state index in [0.29, 0.717) is 11.1 Å². The third-order valence-electron chi connectivity index (χ3n) is 2.01. The molecule has 0 aromatic heterocycles. The molecule has 0 bridgehead atoms. The van der Waals surface area contributed by atoms with Gasteiger partial charge in [0.05, 0.1) is 0 Å². The SMILES string of the molecule is C#Cc1ccccc1C(=O)C(C)(C)C. The molecule has 0 saturated heterocycles. The second-order valence-electron chi connectivity index (χ2n) is 4.27. The lowest BCUT2D eigenvalue weighted by molar-refractivity contribution is 0.0858. The van der Waals surface area contributed by atoms with E-state index >= 15 is 0 Å². The number of rotatable bonds is 1. The van der Waals surface area contributed by atoms with Crippen LogP contribution in [-0.4, -0.2) is 5.78 Å². The molecule has 0 spiro atoms. The predicted octanol–water partition coefficient (Wildman–Crippen LogP) is 2.90. The van der Waals surface area contributed by atoms with Crippen LogP contribution >= 0.6 is 0 Å². The van der Waals surface area contributed by atoms with Crippen LogP contribution in [0.2, 0.25) is 0 Å². The molecule has 0 aliphatic heterocycles. The maximum Gasteiger partial charge on any atom is 0.169 e. The van der Waals surface area contributed by atoms with Gasteiger partial charge in [0.2, 0.25) is 0 Å². The Morgan fingerprint density at radius 1 is 1.29 bits per heavy atom. The molecule has 0 unspecified atom stereocenters. The number of hydrogen-bond donors (Lipinski definition) is 0. The topological polar surface area (TPSA) is 17.1 Å². The molecule has 0 heterocycles. The summed E-state index contributed by atoms with van der Waals surface area (Å²) < 4.78 is 0. The number of ketones is 1. The van der Waals surface area contributed by atoms with Crippen molar-refractivity contribution in [3.8, 4) is 12.3 Å². The molecule has 1 heteroatoms. The summed E-state index contributed by atoms with van der Waals surface area (Å²) in [7, 11) is 0. The van der Waals surface area contributed by atoms with E-state index in [-0.39, 0.29) is 11.2 Å². The number of hydrogen-bond acceptors (Lipinski definition) is 1. The highest BCUT2D eigenvalue weighted by atomic mass is 16.1. The normalized spacial score (nSPS) is 10.7. The molecule has 1 rings (SSSR count). The van der Waals surface area contributed by atoms with Gasteiger partial charge >= 0.3 is 0 Å². The van der Waals surface area contributed by atoms with Crippen LogP contribution in [0, 0.1) is 17.8 Å². The molecule has 0 N–H and O–H groups in total. The quantitative estimate of drug-likeness (QED) is 0.487. The van der Waals surface area contributed by atoms with Crippen LogP contribution in [-0.2, 0) is 0 Å². The summed E-state index contributed by atoms with van der Waals surface area (Å²) in [6.07, 6.45) is 5.33. The van der Waals surface area contributed by atoms with Crippen molar-refractivity contribution in [3.63, 3.8) is 0 Å². The first-order valence-corrected chi connectivity index (χ1v) is 4.57. The Morgan fingerprint density at radius 3 is 2.36 bits per heavy atom. The Labute approximate surface area is 85.1 Å². The molecule has 14 heavy (non-hydrogen) atoms. The van der Waals surface area contributed by atoms with Gasteiger partial charge in [-0.15, -0.1) is 6.42 Å². The zero-order chi connectivity index (χ0) is 10.8. The van der Waals surface area contributed by atoms with Gasteiger partial charge in [-0.3, -0.25) is 4.79 Å². The standard InChI is InChI=1S/C13H14O/c1-5-10-8-6-7-9-11(10)12(14)13(2,3)4/h1,6-9H,2-4H3. The Bertz CT molecular complexity index is 388. The Balaban J connectivity index is 3.22. The van der Waals surface area contributed by atoms with E-state index in [1.807, 2.05) is 32.9 Å². The minimum atomic E-state index is -0.382. The van der Waals surface area contributed by atoms with Gasteiger partial charge < -0.3 is 0 Å². The molecule has 0 aliphatic carbocycles. The smallest absolute Gasteiger partial charge is 0.169 e. The van der Waals surface area contributed by atoms with Gasteiger partial charge in [0.1, 0.15) is 0 Å². The van der Waals surface area contributed by atoms with Crippen LogP contribution in [0.3, 0.4) is 0 Å². The molecule has 0 aliphatic rings. The van der Waals surface area contributed by atoms with Crippen molar-refractivity contribution in [1.29, 1.82) is 0 Å². The molecule has 1 aromatic rings. The molecule has 1 nitrogen and oxygen atoms in total. The highest BCUT2D eigenvalue weighted by molar-refractivity contribution is 6.01. The maximum atomic E-state index is 12.0. The number of Topliss-reactive ketones (excluding diaryl/α,β-unsaturated/α-hetero) is 1. The molecule has 1 aromatic carbocycles. The van der Waals surface area contributed by atoms with Gasteiger partial charge in [-0.2, -0.15) is 0 Å². The van der Waals surface area contributed by atoms with Crippen LogP contribution in [0.25, 0.3) is 0 Å². The summed E-state index contributed by atoms with van der Waals surface area (Å²) in [5, 5.41) is 0. The molecule has 72 valence electrons. The van der Waals surface area contributed by atoms with Gasteiger partial charge in [-0.1, -0.05) is 44.9 Å². The van der Waals surface area contributed by atoms with Crippen molar-refractivity contribution in [2.24, 2.45) is 5.41 Å². The van der Waals surface area contributed by atoms with Gasteiger partial charge in [0.15, 0.2) is 5.78 Å². The molecule has 0 amide bonds. The van der Waals surface area contributed by atoms with E-state index in [9.17, 15) is 4.79 Å². The number of benzene rings is 1. The molecule has 0 fully saturated rings. The average Bonchev–Trinajstić information content (AvgIpc) is 2.15. The highest BCUT2D eigenvalue weighted by Gasteiger charge is 2.24. The first-order valence-electron chi connectivity index (χ1n) is 4.57. The second-order valence-corrected chi connectivity index (χ2v) is 4.27. The van der Waals surface area contributed by atoms with E-state index in [0.717, 1.165) is 0 Å². The van der Waals surface area contributed by atoms with Crippen molar-refractivity contribution < 1.29 is 4.79 Å². The predicted molar refractivity (Wildman–Crippen MR) is 58.2 cm³/mol. The fraction of sp³-hybridized carbons (Fsp3) is 0.308. The molecular formula is C13H14O. The zero-order valence-electron chi connectivity index (χ0n) is 8.79. The van der Waals surface area contributed by atoms with Crippen LogP contribution in [0.15, 0.2) is 24.3 Å². The van der Waals surface area contributed by atoms with E-state index < -0.39 is 0 Å². The third-order valence-corrected chi connectivity index (χ3v) is 2.01. The average molecular weight is 186 g/mol. The first kappa shape index (κ1) is 10.5. The van der Waals surface area contributed by atoms with E-state index in [1.165, 1.54) is 0 Å². The second kappa shape index (κ2) is 3.67. The Kier molecular flexibility index (Phi) is 2.76. The van der Waals surface area contributed by atoms with Crippen LogP contribution in [0.4, 0.5) is 0 Å². The Hall–Kier alpha value is -1.55. The molecule has 0 radical (unpaired) electrons. The highest BCUT2D eigenvalue weighted by Crippen LogP contribution is 2.22. The van der Waals surface area contributed by atoms with Crippen molar-refractivity contribution in [2.45, 2.75) is 20.8 Å². The summed E-state index contributed by atoms with van der Waals surface area (Å²) in [5.41, 5.74) is 0.933. The monoisotopic (exact) mass is 186 g/mol. The summed E-state index contributed by atoms with van der Waals surface area (Å²) in [6, 6.07) is 7.25. The fourth-order valence-corrected chi connectivity index (χ4v) is 1.21. The van der Waals surface area contributed by atoms with Gasteiger partial charge in [-0.05, 0) is 6.07 Å². The van der Waals surface area contributed by atoms with Crippen molar-refractivity contribution in [1.82, 2.24) is 0 Å². The van der Waals surface area contributed by atoms with Crippen LogP contribution in [0.5, 0.6) is 0 Å². The van der Waals surface area contributed by atoms with Crippen molar-refractivity contribution >= 4 is 5.78 Å². The third kappa shape index (κ3) is 2.03. The summed E-state index contributed by atoms with van der Waals surface area (Å²) in [4.78, 5) is 12.0. The zero-order valence-corrected chi connectivity index (χ0v) is 8.79. The van der Waals surface area contributed by atoms with Crippen molar-refractivity contribution in [3.05, 3.63) is 35.4 Å². The summed E-state index contributed by atoms with van der Waals surface area (Å²) in [5.74, 6) is 2.62. The number of terminal acetylenes is 1. The van der Waals surface area contributed by atoms with Crippen molar-refractivity contribution in [2.75, 3.05) is 0 Å². The molecule has 0 saturated carbocycles. The largest absolute Gasteiger partial charge is 0.294 e. The van der Waals surface area contributed by atoms with E-state index in [1.54, 1.807) is 12.1 Å². The van der Waals surface area contributed by atoms with Gasteiger partial charge in [-0.25, -0.2) is 0 Å². The molecule has 0 atom stereocenters. The first-order chi connectivity index (χ1) is 6.46. The summed E-state index contributed by atoms with van der Waals surface area (Å²) >= 11 is 0. The fourth-order valence-electron chi connectivity index (χ4n) is 1.21. The van der Waals surface area contributed by atoms with Crippen LogP contribution in [0.1, 0.15) is 36.7 Å². The van der Waals surface area contributed by atoms with E-state index in [2.05, 4.69) is 5.92 Å². The number of carbonyl (C=O) groups is 1. The van der Waals surface area contributed by atoms with Gasteiger partial charge in [0, 0.05) is 16.5 Å². The lowest BCUT2D eigenvalue weighted by atomic mass is 9.85. The maximum absolute atomic E-state index is 12.0. The van der Waals surface area contributed by atoms with Gasteiger partial charge in [0.25, 0.3) is 0 Å². The van der Waals surface area contributed by atoms with E-state index in [4.69, 9.17) is 6.42 Å². The Morgan fingerprint density at radius 2 is 1.86 bits per heavy atom. The lowest BCUT2D eigenvalue weighted by Gasteiger charge is -2.17. The minimum Gasteiger partial charge on any atom is -0.294 e. The number of carbonyl (C=O) groups excluding carboxylic acids is 1.